The molecule has 0 radical (unpaired) electrons. The summed E-state index contributed by atoms with van der Waals surface area (Å²) in [4.78, 5) is 0. The van der Waals surface area contributed by atoms with E-state index < -0.39 is 0 Å². The Balaban J connectivity index is 1.85. The zero-order valence-electron chi connectivity index (χ0n) is 13.4. The first-order chi connectivity index (χ1) is 9.39. The molecule has 20 heavy (non-hydrogen) atoms. The predicted molar refractivity (Wildman–Crippen MR) is 84.7 cm³/mol. The first-order valence-corrected chi connectivity index (χ1v) is 8.32. The van der Waals surface area contributed by atoms with Crippen LogP contribution in [0.2, 0.25) is 0 Å². The Labute approximate surface area is 123 Å². The molecule has 2 aliphatic carbocycles. The average molecular weight is 274 g/mol. The number of hydrogen-bond donors (Lipinski definition) is 1. The van der Waals surface area contributed by atoms with Crippen LogP contribution in [-0.2, 0) is 13.0 Å². The predicted octanol–water partition coefficient (Wildman–Crippen LogP) is 4.43. The van der Waals surface area contributed by atoms with Gasteiger partial charge >= 0.3 is 0 Å². The smallest absolute Gasteiger partial charge is 0.0318 e. The maximum atomic E-state index is 6.39. The molecule has 1 unspecified atom stereocenters. The van der Waals surface area contributed by atoms with Crippen LogP contribution in [0.4, 0.5) is 0 Å². The van der Waals surface area contributed by atoms with E-state index in [2.05, 4.69) is 37.6 Å². The number of aromatic nitrogens is 1. The van der Waals surface area contributed by atoms with Gasteiger partial charge in [-0.25, -0.2) is 0 Å². The minimum atomic E-state index is 0.231. The highest BCUT2D eigenvalue weighted by Crippen LogP contribution is 2.42. The van der Waals surface area contributed by atoms with Gasteiger partial charge in [-0.15, -0.1) is 0 Å². The van der Waals surface area contributed by atoms with E-state index in [1.165, 1.54) is 56.3 Å². The number of hydrogen-bond acceptors (Lipinski definition) is 1. The third-order valence-electron chi connectivity index (χ3n) is 5.54. The fraction of sp³-hybridized carbons (Fsp3) is 0.778. The molecule has 1 aromatic rings. The maximum absolute atomic E-state index is 6.39. The van der Waals surface area contributed by atoms with Crippen molar-refractivity contribution in [3.05, 3.63) is 23.5 Å². The van der Waals surface area contributed by atoms with E-state index in [1.54, 1.807) is 0 Å². The van der Waals surface area contributed by atoms with Gasteiger partial charge in [-0.1, -0.05) is 40.0 Å². The molecule has 1 saturated carbocycles. The molecule has 2 heteroatoms. The van der Waals surface area contributed by atoms with Gasteiger partial charge in [-0.2, -0.15) is 0 Å². The molecule has 1 aromatic heterocycles. The maximum Gasteiger partial charge on any atom is 0.0318 e. The summed E-state index contributed by atoms with van der Waals surface area (Å²) in [5.74, 6) is 0. The molecule has 3 rings (SSSR count). The fourth-order valence-electron chi connectivity index (χ4n) is 4.42. The summed E-state index contributed by atoms with van der Waals surface area (Å²) < 4.78 is 2.53. The van der Waals surface area contributed by atoms with Crippen LogP contribution in [0, 0.1) is 10.8 Å². The molecule has 0 aliphatic heterocycles. The first-order valence-electron chi connectivity index (χ1n) is 8.32. The molecule has 2 N–H and O–H groups in total. The summed E-state index contributed by atoms with van der Waals surface area (Å²) in [6.07, 6.45) is 11.6. The van der Waals surface area contributed by atoms with Gasteiger partial charge in [0.1, 0.15) is 0 Å². The summed E-state index contributed by atoms with van der Waals surface area (Å²) in [7, 11) is 0. The Kier molecular flexibility index (Phi) is 3.48. The molecule has 0 saturated heterocycles. The van der Waals surface area contributed by atoms with Crippen LogP contribution in [0.1, 0.15) is 76.6 Å². The molecule has 1 heterocycles. The van der Waals surface area contributed by atoms with Gasteiger partial charge in [-0.3, -0.25) is 0 Å². The van der Waals surface area contributed by atoms with Crippen molar-refractivity contribution in [2.45, 2.75) is 78.3 Å². The quantitative estimate of drug-likeness (QED) is 0.849. The lowest BCUT2D eigenvalue weighted by molar-refractivity contribution is 0.177. The molecule has 2 aliphatic rings. The van der Waals surface area contributed by atoms with Crippen molar-refractivity contribution in [1.29, 1.82) is 0 Å². The second-order valence-corrected chi connectivity index (χ2v) is 8.37. The van der Waals surface area contributed by atoms with Crippen LogP contribution < -0.4 is 5.73 Å². The normalized spacial score (nSPS) is 28.1. The third kappa shape index (κ3) is 2.67. The van der Waals surface area contributed by atoms with Crippen molar-refractivity contribution in [3.63, 3.8) is 0 Å². The summed E-state index contributed by atoms with van der Waals surface area (Å²) in [6.45, 7) is 8.38. The molecule has 0 bridgehead atoms. The number of fused-ring (bicyclic) bond motifs is 1. The molecule has 1 atom stereocenters. The SMILES string of the molecule is CC1(C)Cc2c(ccn2CC2(C)CCCCC2)C(N)C1. The van der Waals surface area contributed by atoms with Crippen LogP contribution in [0.5, 0.6) is 0 Å². The van der Waals surface area contributed by atoms with Crippen LogP contribution in [0.25, 0.3) is 0 Å². The average Bonchev–Trinajstić information content (AvgIpc) is 2.71. The highest BCUT2D eigenvalue weighted by molar-refractivity contribution is 5.30. The van der Waals surface area contributed by atoms with E-state index >= 15 is 0 Å². The van der Waals surface area contributed by atoms with Crippen molar-refractivity contribution < 1.29 is 0 Å². The third-order valence-corrected chi connectivity index (χ3v) is 5.54. The highest BCUT2D eigenvalue weighted by Gasteiger charge is 2.34. The number of nitrogens with two attached hydrogens (primary N) is 1. The number of rotatable bonds is 2. The lowest BCUT2D eigenvalue weighted by Gasteiger charge is -2.38. The second-order valence-electron chi connectivity index (χ2n) is 8.37. The Morgan fingerprint density at radius 1 is 1.20 bits per heavy atom. The van der Waals surface area contributed by atoms with Gasteiger partial charge in [0.15, 0.2) is 0 Å². The van der Waals surface area contributed by atoms with Crippen LogP contribution in [-0.4, -0.2) is 4.57 Å². The molecule has 112 valence electrons. The topological polar surface area (TPSA) is 30.9 Å². The first kappa shape index (κ1) is 14.2. The summed E-state index contributed by atoms with van der Waals surface area (Å²) in [5, 5.41) is 0. The summed E-state index contributed by atoms with van der Waals surface area (Å²) in [6, 6.07) is 2.51. The largest absolute Gasteiger partial charge is 0.351 e. The van der Waals surface area contributed by atoms with Gasteiger partial charge in [-0.05, 0) is 48.1 Å². The fourth-order valence-corrected chi connectivity index (χ4v) is 4.42. The zero-order chi connectivity index (χ0) is 14.4. The summed E-state index contributed by atoms with van der Waals surface area (Å²) >= 11 is 0. The van der Waals surface area contributed by atoms with Gasteiger partial charge in [0, 0.05) is 24.5 Å². The Hall–Kier alpha value is -0.760. The van der Waals surface area contributed by atoms with Crippen molar-refractivity contribution in [3.8, 4) is 0 Å². The Morgan fingerprint density at radius 2 is 1.90 bits per heavy atom. The van der Waals surface area contributed by atoms with Gasteiger partial charge in [0.05, 0.1) is 0 Å². The molecule has 1 fully saturated rings. The molecular weight excluding hydrogens is 244 g/mol. The van der Waals surface area contributed by atoms with Gasteiger partial charge < -0.3 is 10.3 Å². The van der Waals surface area contributed by atoms with E-state index in [-0.39, 0.29) is 6.04 Å². The van der Waals surface area contributed by atoms with E-state index in [0.717, 1.165) is 6.42 Å². The van der Waals surface area contributed by atoms with E-state index in [0.29, 0.717) is 10.8 Å². The minimum Gasteiger partial charge on any atom is -0.351 e. The minimum absolute atomic E-state index is 0.231. The lowest BCUT2D eigenvalue weighted by Crippen LogP contribution is -2.32. The van der Waals surface area contributed by atoms with Crippen LogP contribution in [0.15, 0.2) is 12.3 Å². The Bertz CT molecular complexity index is 478. The monoisotopic (exact) mass is 274 g/mol. The van der Waals surface area contributed by atoms with Crippen molar-refractivity contribution in [2.24, 2.45) is 16.6 Å². The second kappa shape index (κ2) is 4.91. The van der Waals surface area contributed by atoms with Crippen LogP contribution >= 0.6 is 0 Å². The molecule has 0 aromatic carbocycles. The lowest BCUT2D eigenvalue weighted by atomic mass is 9.73. The van der Waals surface area contributed by atoms with Crippen LogP contribution in [0.3, 0.4) is 0 Å². The van der Waals surface area contributed by atoms with E-state index in [9.17, 15) is 0 Å². The summed E-state index contributed by atoms with van der Waals surface area (Å²) in [5.41, 5.74) is 10.1. The highest BCUT2D eigenvalue weighted by atomic mass is 15.0. The van der Waals surface area contributed by atoms with E-state index in [1.807, 2.05) is 0 Å². The molecule has 0 spiro atoms. The van der Waals surface area contributed by atoms with E-state index in [4.69, 9.17) is 5.73 Å². The number of nitrogens with zero attached hydrogens (tertiary/aromatic N) is 1. The van der Waals surface area contributed by atoms with Crippen molar-refractivity contribution in [2.75, 3.05) is 0 Å². The van der Waals surface area contributed by atoms with Gasteiger partial charge in [0.25, 0.3) is 0 Å². The zero-order valence-corrected chi connectivity index (χ0v) is 13.4. The standard InChI is InChI=1S/C18H30N2/c1-17(2)11-15(19)14-7-10-20(16(14)12-17)13-18(3)8-5-4-6-9-18/h7,10,15H,4-6,8-9,11-13,19H2,1-3H3. The Morgan fingerprint density at radius 3 is 2.60 bits per heavy atom. The molecule has 0 amide bonds. The van der Waals surface area contributed by atoms with Crippen molar-refractivity contribution in [1.82, 2.24) is 4.57 Å². The molecule has 2 nitrogen and oxygen atoms in total. The van der Waals surface area contributed by atoms with Gasteiger partial charge in [0.2, 0.25) is 0 Å². The molecular formula is C18H30N2. The van der Waals surface area contributed by atoms with Crippen molar-refractivity contribution >= 4 is 0 Å².